The van der Waals surface area contributed by atoms with Gasteiger partial charge >= 0.3 is 11.9 Å². The molecule has 6 aliphatic heterocycles. The van der Waals surface area contributed by atoms with E-state index in [1.165, 1.54) is 90.7 Å². The van der Waals surface area contributed by atoms with E-state index in [1.807, 2.05) is 138 Å². The molecule has 32 nitrogen and oxygen atoms in total. The van der Waals surface area contributed by atoms with Gasteiger partial charge in [-0.05, 0) is 209 Å². The van der Waals surface area contributed by atoms with E-state index < -0.39 is 26.2 Å². The zero-order valence-electron chi connectivity index (χ0n) is 81.8. The lowest BCUT2D eigenvalue weighted by atomic mass is 10.0. The molecule has 16 rings (SSSR count). The Morgan fingerprint density at radius 3 is 0.880 bits per heavy atom. The number of pyridine rings is 4. The molecule has 0 bridgehead atoms. The summed E-state index contributed by atoms with van der Waals surface area (Å²) >= 11 is 0. The largest absolute Gasteiger partial charge is 0.478 e. The Kier molecular flexibility index (Phi) is 44.5. The molecule has 0 spiro atoms. The van der Waals surface area contributed by atoms with Crippen LogP contribution < -0.4 is 27.0 Å². The Bertz CT molecular complexity index is 5840. The third-order valence-corrected chi connectivity index (χ3v) is 24.4. The second-order valence-corrected chi connectivity index (χ2v) is 34.5. The van der Waals surface area contributed by atoms with E-state index in [0.29, 0.717) is 69.6 Å². The van der Waals surface area contributed by atoms with E-state index in [2.05, 4.69) is 117 Å². The van der Waals surface area contributed by atoms with Gasteiger partial charge in [0.2, 0.25) is 0 Å². The molecule has 6 fully saturated rings. The molecule has 0 saturated carbocycles. The van der Waals surface area contributed by atoms with Gasteiger partial charge in [-0.1, -0.05) is 97.1 Å². The summed E-state index contributed by atoms with van der Waals surface area (Å²) in [6, 6.07) is 67.6. The highest BCUT2D eigenvalue weighted by Gasteiger charge is 2.28. The van der Waals surface area contributed by atoms with E-state index in [0.717, 1.165) is 199 Å². The quantitative estimate of drug-likeness (QED) is 0.0231. The minimum Gasteiger partial charge on any atom is -0.478 e. The Labute approximate surface area is 830 Å². The number of alkyl halides is 2. The number of nitrogens with one attached hydrogen (secondary N) is 4. The first-order valence-electron chi connectivity index (χ1n) is 48.1. The predicted molar refractivity (Wildman–Crippen MR) is 534 cm³/mol. The highest BCUT2D eigenvalue weighted by molar-refractivity contribution is 5.98. The molecule has 6 aromatic carbocycles. The number of rotatable bonds is 23. The Morgan fingerprint density at radius 1 is 0.373 bits per heavy atom. The van der Waals surface area contributed by atoms with Crippen LogP contribution >= 0.6 is 0 Å². The van der Waals surface area contributed by atoms with E-state index in [-0.39, 0.29) is 70.3 Å². The van der Waals surface area contributed by atoms with E-state index in [1.54, 1.807) is 24.3 Å². The summed E-state index contributed by atoms with van der Waals surface area (Å²) in [5.41, 5.74) is 19.5. The normalized spacial score (nSPS) is 15.4. The number of hydrogen-bond donors (Lipinski definition) is 7. The lowest BCUT2D eigenvalue weighted by molar-refractivity contribution is 0.0625. The highest BCUT2D eigenvalue weighted by Crippen LogP contribution is 2.24. The number of piperazine rings is 2. The van der Waals surface area contributed by atoms with Crippen LogP contribution in [0.3, 0.4) is 0 Å². The summed E-state index contributed by atoms with van der Waals surface area (Å²) in [5, 5.41) is 65.1. The van der Waals surface area contributed by atoms with Gasteiger partial charge in [0.1, 0.15) is 22.8 Å². The zero-order chi connectivity index (χ0) is 103. The predicted octanol–water partition coefficient (Wildman–Crippen LogP) is 13.7. The van der Waals surface area contributed by atoms with Crippen molar-refractivity contribution in [1.29, 1.82) is 21.0 Å². The van der Waals surface area contributed by atoms with Crippen molar-refractivity contribution in [3.63, 3.8) is 0 Å². The monoisotopic (exact) mass is 1920 g/mol. The maximum Gasteiger partial charge on any atom is 0.354 e. The standard InChI is InChI=1S/C32H33N7O2.C21H22N4O2.C20H20N4O3.C13H17N3.C12H15N3.C8H7NO3.2CH3F/c1-34-28-9-6-26(7-10-28)23-38-16-18-39(19-17-38)32(41)27-8-11-30(35-21-27)31(40)36-29-12-14-37(15-13-29)22-25-4-2-24(20-33)3-5-25;1-15(26)18-6-7-20(23-13-18)21(27)24-19-8-10-25(11-9-19)14-17-4-2-16(12-22)3-5-17;21-11-14-1-3-15(4-2-14)13-24-9-7-17(8-10-24)23-19(25)18-6-5-16(12-22-18)20(26)27;14-9-11-1-3-12(4-2-11)10-16-7-5-13(15)6-8-16;1-13-12-4-2-11(3-5-12)10-15-8-6-14-7-9-15;1-5(10)6-2-3-7(8(11)12)9-4-6;2*1-2/h2-11,21,29H,12-19,22-23H2,(H,36,40);2-7,13,19H,8-11,14H2,1H3,(H,24,27);1-6,12,17H,7-10,13H2,(H,23,25)(H,26,27);1-4,13H,5-8,10,15H2;2-5,14H,6-10H2;2-4H,1H3,(H,11,12);2*1H3/i;;;;;;2*1D. The molecular formula is C108H120F2N22O10. The van der Waals surface area contributed by atoms with Gasteiger partial charge in [0.15, 0.2) is 22.9 Å². The molecular weight excluding hydrogens is 1800 g/mol. The van der Waals surface area contributed by atoms with Crippen LogP contribution in [0, 0.1) is 58.5 Å². The number of halogens is 2. The number of nitrogens with two attached hydrogens (primary N) is 1. The number of nitriles is 4. The Hall–Kier alpha value is -15.4. The molecule has 142 heavy (non-hydrogen) atoms. The van der Waals surface area contributed by atoms with Crippen molar-refractivity contribution >= 4 is 58.5 Å². The van der Waals surface area contributed by atoms with Crippen molar-refractivity contribution in [3.8, 4) is 24.3 Å². The fraction of sp³-hybridized carbons (Fsp3) is 0.352. The van der Waals surface area contributed by atoms with Gasteiger partial charge in [0, 0.05) is 191 Å². The van der Waals surface area contributed by atoms with E-state index in [9.17, 15) is 47.1 Å². The van der Waals surface area contributed by atoms with Crippen LogP contribution in [0.5, 0.6) is 0 Å². The van der Waals surface area contributed by atoms with Gasteiger partial charge < -0.3 is 42.1 Å². The molecule has 6 aliphatic rings. The molecule has 10 heterocycles. The molecule has 736 valence electrons. The lowest BCUT2D eigenvalue weighted by Crippen LogP contribution is -2.48. The van der Waals surface area contributed by atoms with Crippen LogP contribution in [0.15, 0.2) is 219 Å². The number of carboxylic acid groups (broad SMARTS) is 2. The molecule has 0 atom stereocenters. The first kappa shape index (κ1) is 107. The number of nitrogens with zero attached hydrogens (tertiary/aromatic N) is 17. The van der Waals surface area contributed by atoms with Crippen LogP contribution in [-0.2, 0) is 39.3 Å². The summed E-state index contributed by atoms with van der Waals surface area (Å²) in [6.07, 6.45) is 12.7. The number of hydrogen-bond acceptors (Lipinski definition) is 24. The average molecular weight is 1930 g/mol. The number of carboxylic acids is 2. The van der Waals surface area contributed by atoms with Crippen molar-refractivity contribution in [2.45, 2.75) is 129 Å². The van der Waals surface area contributed by atoms with Crippen LogP contribution in [-0.4, -0.2) is 255 Å². The van der Waals surface area contributed by atoms with Crippen molar-refractivity contribution in [1.82, 2.24) is 75.5 Å². The minimum absolute atomic E-state index is 0.0556. The number of aromatic nitrogens is 4. The van der Waals surface area contributed by atoms with E-state index in [4.69, 9.17) is 52.9 Å². The summed E-state index contributed by atoms with van der Waals surface area (Å²) in [4.78, 5) is 132. The molecule has 0 radical (unpaired) electrons. The molecule has 6 saturated heterocycles. The summed E-state index contributed by atoms with van der Waals surface area (Å²) in [7, 11) is -2.00. The van der Waals surface area contributed by atoms with Crippen molar-refractivity contribution < 1.29 is 60.1 Å². The van der Waals surface area contributed by atoms with E-state index >= 15 is 0 Å². The van der Waals surface area contributed by atoms with Crippen molar-refractivity contribution in [2.75, 3.05) is 119 Å². The van der Waals surface area contributed by atoms with Crippen molar-refractivity contribution in [2.24, 2.45) is 5.73 Å². The minimum atomic E-state index is -1.09. The summed E-state index contributed by atoms with van der Waals surface area (Å²) < 4.78 is 31.0. The molecule has 8 N–H and O–H groups in total. The Morgan fingerprint density at radius 2 is 0.627 bits per heavy atom. The molecule has 10 aromatic rings. The fourth-order valence-corrected chi connectivity index (χ4v) is 16.2. The number of ketones is 2. The maximum atomic E-state index is 13.0. The molecule has 0 aliphatic carbocycles. The first-order valence-corrected chi connectivity index (χ1v) is 46.6. The zero-order valence-corrected chi connectivity index (χ0v) is 79.8. The van der Waals surface area contributed by atoms with Gasteiger partial charge in [-0.3, -0.25) is 81.9 Å². The smallest absolute Gasteiger partial charge is 0.354 e. The molecule has 4 amide bonds. The third-order valence-electron chi connectivity index (χ3n) is 24.4. The number of carbonyl (C=O) groups is 8. The van der Waals surface area contributed by atoms with Crippen LogP contribution in [0.1, 0.15) is 207 Å². The lowest BCUT2D eigenvalue weighted by Gasteiger charge is -2.34. The molecule has 34 heteroatoms. The summed E-state index contributed by atoms with van der Waals surface area (Å²) in [6.45, 7) is 36.8. The summed E-state index contributed by atoms with van der Waals surface area (Å²) in [5.74, 6) is -3.11. The fourth-order valence-electron chi connectivity index (χ4n) is 16.2. The third kappa shape index (κ3) is 37.0. The number of carbonyl (C=O) groups excluding carboxylic acids is 6. The van der Waals surface area contributed by atoms with Gasteiger partial charge in [-0.15, -0.1) is 0 Å². The number of Topliss-reactive ketones (excluding diaryl/α,β-unsaturated/α-hetero) is 2. The second-order valence-electron chi connectivity index (χ2n) is 34.5. The number of piperidine rings is 4. The number of likely N-dealkylation sites (tertiary alicyclic amines) is 4. The van der Waals surface area contributed by atoms with Gasteiger partial charge in [-0.2, -0.15) is 21.0 Å². The topological polar surface area (TPSA) is 429 Å². The van der Waals surface area contributed by atoms with Crippen molar-refractivity contribution in [3.05, 3.63) is 342 Å². The highest BCUT2D eigenvalue weighted by atomic mass is 19.1. The number of benzene rings is 6. The second kappa shape index (κ2) is 59.1. The SMILES string of the molecule is CC(=O)c1ccc(C(=O)NC2CCN(Cc3ccc(C#N)cc3)CC2)nc1.CC(=O)c1ccc(C(=O)O)nc1.N#Cc1ccc(CN2CCC(N)CC2)cc1.N#Cc1ccc(CN2CCC(NC(=O)c3ccc(C(=O)O)cn3)CC2)cc1.[2H]CF.[2H]CF.[C-]#[N+]c1ccc(CN2CCN(C(=O)c3ccc(C(=O)NC4CCN(Cc5ccc(C#N)cc5)CC4)nc3)CC2)cc1.[C-]#[N+]c1ccc(CN2CCNCC2)cc1. The van der Waals surface area contributed by atoms with Crippen LogP contribution in [0.2, 0.25) is 0 Å². The molecule has 4 aromatic heterocycles. The van der Waals surface area contributed by atoms with Gasteiger partial charge in [0.25, 0.3) is 23.6 Å². The number of aromatic carboxylic acids is 2. The van der Waals surface area contributed by atoms with Crippen LogP contribution in [0.25, 0.3) is 9.69 Å². The number of amides is 4. The Balaban J connectivity index is 0.000000199. The van der Waals surface area contributed by atoms with Gasteiger partial charge in [-0.25, -0.2) is 24.3 Å². The first-order chi connectivity index (χ1) is 69.7. The average Bonchev–Trinajstić information content (AvgIpc) is 0.831. The molecule has 0 unspecified atom stereocenters. The van der Waals surface area contributed by atoms with Gasteiger partial charge in [0.05, 0.1) is 87.9 Å². The maximum absolute atomic E-state index is 13.0. The van der Waals surface area contributed by atoms with Crippen LogP contribution in [0.4, 0.5) is 20.2 Å².